The highest BCUT2D eigenvalue weighted by Crippen LogP contribution is 2.22. The SMILES string of the molecule is CCNC(=O)C(Cc1ccccc1)N(Cc1ccc(C)cc1)C(=O)CN(c1ccc(Cl)cc1)S(C)(=O)=O. The summed E-state index contributed by atoms with van der Waals surface area (Å²) < 4.78 is 26.5. The van der Waals surface area contributed by atoms with Crippen molar-refractivity contribution >= 4 is 39.1 Å². The second-order valence-corrected chi connectivity index (χ2v) is 11.2. The maximum atomic E-state index is 13.9. The maximum absolute atomic E-state index is 13.9. The number of anilines is 1. The number of halogens is 1. The minimum absolute atomic E-state index is 0.145. The molecule has 3 rings (SSSR count). The Labute approximate surface area is 224 Å². The lowest BCUT2D eigenvalue weighted by atomic mass is 10.0. The Morgan fingerprint density at radius 2 is 1.54 bits per heavy atom. The van der Waals surface area contributed by atoms with Crippen LogP contribution in [0.5, 0.6) is 0 Å². The van der Waals surface area contributed by atoms with Crippen LogP contribution in [0.25, 0.3) is 0 Å². The number of nitrogens with one attached hydrogen (secondary N) is 1. The first kappa shape index (κ1) is 28.2. The Balaban J connectivity index is 2.02. The molecule has 0 aliphatic rings. The highest BCUT2D eigenvalue weighted by Gasteiger charge is 2.32. The molecule has 0 radical (unpaired) electrons. The van der Waals surface area contributed by atoms with Crippen molar-refractivity contribution in [3.05, 3.63) is 101 Å². The summed E-state index contributed by atoms with van der Waals surface area (Å²) in [5, 5.41) is 3.29. The molecule has 0 heterocycles. The minimum atomic E-state index is -3.81. The summed E-state index contributed by atoms with van der Waals surface area (Å²) in [4.78, 5) is 28.6. The largest absolute Gasteiger partial charge is 0.355 e. The highest BCUT2D eigenvalue weighted by molar-refractivity contribution is 7.92. The van der Waals surface area contributed by atoms with Gasteiger partial charge in [-0.15, -0.1) is 0 Å². The summed E-state index contributed by atoms with van der Waals surface area (Å²) in [6.45, 7) is 3.87. The molecule has 0 aliphatic carbocycles. The van der Waals surface area contributed by atoms with Crippen LogP contribution in [0.3, 0.4) is 0 Å². The van der Waals surface area contributed by atoms with Crippen molar-refractivity contribution in [3.63, 3.8) is 0 Å². The Hall–Kier alpha value is -3.36. The Bertz CT molecular complexity index is 1300. The van der Waals surface area contributed by atoms with Crippen molar-refractivity contribution < 1.29 is 18.0 Å². The van der Waals surface area contributed by atoms with E-state index in [1.165, 1.54) is 4.90 Å². The van der Waals surface area contributed by atoms with Crippen molar-refractivity contribution in [2.75, 3.05) is 23.7 Å². The van der Waals surface area contributed by atoms with Crippen LogP contribution in [-0.4, -0.2) is 50.5 Å². The van der Waals surface area contributed by atoms with Gasteiger partial charge in [0.1, 0.15) is 12.6 Å². The summed E-state index contributed by atoms with van der Waals surface area (Å²) >= 11 is 5.98. The maximum Gasteiger partial charge on any atom is 0.244 e. The molecule has 0 saturated heterocycles. The summed E-state index contributed by atoms with van der Waals surface area (Å²) in [6.07, 6.45) is 1.33. The van der Waals surface area contributed by atoms with E-state index in [4.69, 9.17) is 11.6 Å². The zero-order valence-electron chi connectivity index (χ0n) is 21.2. The molecular formula is C28H32ClN3O4S. The summed E-state index contributed by atoms with van der Waals surface area (Å²) in [5.74, 6) is -0.794. The molecule has 1 N–H and O–H groups in total. The number of sulfonamides is 1. The van der Waals surface area contributed by atoms with E-state index in [0.29, 0.717) is 17.3 Å². The third-order valence-corrected chi connectivity index (χ3v) is 7.28. The number of nitrogens with zero attached hydrogens (tertiary/aromatic N) is 2. The summed E-state index contributed by atoms with van der Waals surface area (Å²) in [5.41, 5.74) is 3.10. The Morgan fingerprint density at radius 3 is 2.11 bits per heavy atom. The van der Waals surface area contributed by atoms with Gasteiger partial charge in [-0.05, 0) is 49.2 Å². The number of carbonyl (C=O) groups excluding carboxylic acids is 2. The van der Waals surface area contributed by atoms with Crippen LogP contribution >= 0.6 is 11.6 Å². The number of carbonyl (C=O) groups is 2. The lowest BCUT2D eigenvalue weighted by Crippen LogP contribution is -2.53. The van der Waals surface area contributed by atoms with E-state index in [9.17, 15) is 18.0 Å². The molecule has 9 heteroatoms. The molecule has 0 aromatic heterocycles. The first-order chi connectivity index (χ1) is 17.6. The lowest BCUT2D eigenvalue weighted by molar-refractivity contribution is -0.140. The van der Waals surface area contributed by atoms with Gasteiger partial charge in [-0.25, -0.2) is 8.42 Å². The molecule has 0 bridgehead atoms. The van der Waals surface area contributed by atoms with Gasteiger partial charge in [0.2, 0.25) is 21.8 Å². The van der Waals surface area contributed by atoms with Gasteiger partial charge in [-0.1, -0.05) is 71.8 Å². The number of hydrogen-bond donors (Lipinski definition) is 1. The third kappa shape index (κ3) is 8.06. The molecule has 2 amide bonds. The van der Waals surface area contributed by atoms with Gasteiger partial charge in [-0.3, -0.25) is 13.9 Å². The fourth-order valence-corrected chi connectivity index (χ4v) is 4.93. The van der Waals surface area contributed by atoms with Crippen LogP contribution < -0.4 is 9.62 Å². The standard InChI is InChI=1S/C28H32ClN3O4S/c1-4-30-28(34)26(18-22-8-6-5-7-9-22)31(19-23-12-10-21(2)11-13-23)27(33)20-32(37(3,35)36)25-16-14-24(29)15-17-25/h5-17,26H,4,18-20H2,1-3H3,(H,30,34). The van der Waals surface area contributed by atoms with Gasteiger partial charge < -0.3 is 10.2 Å². The van der Waals surface area contributed by atoms with Crippen molar-refractivity contribution in [2.24, 2.45) is 0 Å². The van der Waals surface area contributed by atoms with E-state index in [2.05, 4.69) is 5.32 Å². The second kappa shape index (κ2) is 12.7. The molecule has 3 aromatic rings. The van der Waals surface area contributed by atoms with E-state index < -0.39 is 28.5 Å². The van der Waals surface area contributed by atoms with E-state index in [1.807, 2.05) is 68.4 Å². The monoisotopic (exact) mass is 541 g/mol. The Morgan fingerprint density at radius 1 is 0.919 bits per heavy atom. The van der Waals surface area contributed by atoms with Crippen LogP contribution in [-0.2, 0) is 32.6 Å². The smallest absolute Gasteiger partial charge is 0.244 e. The molecule has 7 nitrogen and oxygen atoms in total. The predicted octanol–water partition coefficient (Wildman–Crippen LogP) is 4.19. The van der Waals surface area contributed by atoms with E-state index in [-0.39, 0.29) is 18.9 Å². The number of likely N-dealkylation sites (N-methyl/N-ethyl adjacent to an activating group) is 1. The van der Waals surface area contributed by atoms with Gasteiger partial charge in [0.05, 0.1) is 11.9 Å². The number of hydrogen-bond acceptors (Lipinski definition) is 4. The van der Waals surface area contributed by atoms with Crippen molar-refractivity contribution in [1.82, 2.24) is 10.2 Å². The van der Waals surface area contributed by atoms with E-state index >= 15 is 0 Å². The molecule has 0 fully saturated rings. The van der Waals surface area contributed by atoms with Gasteiger partial charge in [0.15, 0.2) is 0 Å². The number of amides is 2. The summed E-state index contributed by atoms with van der Waals surface area (Å²) in [6, 6.07) is 22.5. The predicted molar refractivity (Wildman–Crippen MR) is 148 cm³/mol. The minimum Gasteiger partial charge on any atom is -0.355 e. The molecular weight excluding hydrogens is 510 g/mol. The number of rotatable bonds is 11. The first-order valence-corrected chi connectivity index (χ1v) is 14.2. The van der Waals surface area contributed by atoms with Gasteiger partial charge >= 0.3 is 0 Å². The summed E-state index contributed by atoms with van der Waals surface area (Å²) in [7, 11) is -3.81. The molecule has 37 heavy (non-hydrogen) atoms. The van der Waals surface area contributed by atoms with Crippen molar-refractivity contribution in [3.8, 4) is 0 Å². The van der Waals surface area contributed by atoms with E-state index in [0.717, 1.165) is 27.3 Å². The van der Waals surface area contributed by atoms with Crippen molar-refractivity contribution in [1.29, 1.82) is 0 Å². The normalized spacial score (nSPS) is 12.0. The topological polar surface area (TPSA) is 86.8 Å². The van der Waals surface area contributed by atoms with Crippen LogP contribution in [0.2, 0.25) is 5.02 Å². The highest BCUT2D eigenvalue weighted by atomic mass is 35.5. The second-order valence-electron chi connectivity index (χ2n) is 8.85. The van der Waals surface area contributed by atoms with Crippen LogP contribution in [0.15, 0.2) is 78.9 Å². The van der Waals surface area contributed by atoms with Gasteiger partial charge in [0, 0.05) is 24.5 Å². The zero-order valence-corrected chi connectivity index (χ0v) is 22.8. The fourth-order valence-electron chi connectivity index (χ4n) is 3.96. The first-order valence-electron chi connectivity index (χ1n) is 12.0. The fraction of sp³-hybridized carbons (Fsp3) is 0.286. The zero-order chi connectivity index (χ0) is 27.0. The molecule has 1 unspecified atom stereocenters. The van der Waals surface area contributed by atoms with Crippen molar-refractivity contribution in [2.45, 2.75) is 32.9 Å². The number of aryl methyl sites for hydroxylation is 1. The molecule has 0 spiro atoms. The molecule has 0 saturated carbocycles. The third-order valence-electron chi connectivity index (χ3n) is 5.89. The average Bonchev–Trinajstić information content (AvgIpc) is 2.86. The molecule has 3 aromatic carbocycles. The van der Waals surface area contributed by atoms with Crippen LogP contribution in [0, 0.1) is 6.92 Å². The van der Waals surface area contributed by atoms with E-state index in [1.54, 1.807) is 24.3 Å². The lowest BCUT2D eigenvalue weighted by Gasteiger charge is -2.33. The molecule has 1 atom stereocenters. The van der Waals surface area contributed by atoms with Gasteiger partial charge in [0.25, 0.3) is 0 Å². The number of benzene rings is 3. The molecule has 196 valence electrons. The average molecular weight is 542 g/mol. The van der Waals surface area contributed by atoms with Crippen LogP contribution in [0.1, 0.15) is 23.6 Å². The quantitative estimate of drug-likeness (QED) is 0.394. The molecule has 0 aliphatic heterocycles. The van der Waals surface area contributed by atoms with Crippen LogP contribution in [0.4, 0.5) is 5.69 Å². The van der Waals surface area contributed by atoms with Gasteiger partial charge in [-0.2, -0.15) is 0 Å². The Kier molecular flexibility index (Phi) is 9.72.